The lowest BCUT2D eigenvalue weighted by Crippen LogP contribution is -2.19. The van der Waals surface area contributed by atoms with Crippen molar-refractivity contribution in [1.29, 1.82) is 0 Å². The second kappa shape index (κ2) is 4.69. The lowest BCUT2D eigenvalue weighted by atomic mass is 10.1. The van der Waals surface area contributed by atoms with Crippen molar-refractivity contribution >= 4 is 11.6 Å². The van der Waals surface area contributed by atoms with Gasteiger partial charge in [-0.3, -0.25) is 4.79 Å². The third-order valence-corrected chi connectivity index (χ3v) is 2.05. The first kappa shape index (κ1) is 10.6. The van der Waals surface area contributed by atoms with Crippen LogP contribution in [0.3, 0.4) is 0 Å². The van der Waals surface area contributed by atoms with Gasteiger partial charge in [-0.25, -0.2) is 4.98 Å². The van der Waals surface area contributed by atoms with Crippen molar-refractivity contribution in [3.63, 3.8) is 0 Å². The molecular weight excluding hydrogens is 183 g/mol. The molecule has 0 spiro atoms. The molecule has 1 aromatic rings. The predicted molar refractivity (Wildman–Crippen MR) is 52.3 cm³/mol. The topological polar surface area (TPSA) is 42.0 Å². The van der Waals surface area contributed by atoms with Crippen molar-refractivity contribution in [3.05, 3.63) is 24.3 Å². The third kappa shape index (κ3) is 2.80. The summed E-state index contributed by atoms with van der Waals surface area (Å²) < 4.78 is 12.4. The largest absolute Gasteiger partial charge is 0.324 e. The van der Waals surface area contributed by atoms with E-state index in [9.17, 15) is 9.18 Å². The highest BCUT2D eigenvalue weighted by Crippen LogP contribution is 2.09. The zero-order chi connectivity index (χ0) is 10.6. The van der Waals surface area contributed by atoms with Gasteiger partial charge in [-0.05, 0) is 18.6 Å². The average Bonchev–Trinajstić information content (AvgIpc) is 2.20. The fourth-order valence-electron chi connectivity index (χ4n) is 0.901. The smallest absolute Gasteiger partial charge is 0.227 e. The number of rotatable bonds is 3. The molecule has 0 radical (unpaired) electrons. The minimum Gasteiger partial charge on any atom is -0.324 e. The number of aromatic nitrogens is 1. The Hall–Kier alpha value is -1.45. The minimum atomic E-state index is -0.550. The minimum absolute atomic E-state index is 0.0416. The van der Waals surface area contributed by atoms with Crippen molar-refractivity contribution in [2.45, 2.75) is 20.3 Å². The maximum absolute atomic E-state index is 12.4. The molecule has 0 fully saturated rings. The maximum Gasteiger partial charge on any atom is 0.227 e. The maximum atomic E-state index is 12.4. The molecule has 76 valence electrons. The summed E-state index contributed by atoms with van der Waals surface area (Å²) in [5, 5.41) is 2.65. The summed E-state index contributed by atoms with van der Waals surface area (Å²) in [4.78, 5) is 14.8. The summed E-state index contributed by atoms with van der Waals surface area (Å²) >= 11 is 0. The molecular formula is C10H13FN2O. The molecule has 0 aromatic carbocycles. The summed E-state index contributed by atoms with van der Waals surface area (Å²) in [7, 11) is 0. The van der Waals surface area contributed by atoms with E-state index < -0.39 is 5.95 Å². The van der Waals surface area contributed by atoms with Gasteiger partial charge in [0.25, 0.3) is 0 Å². The van der Waals surface area contributed by atoms with Crippen LogP contribution in [0.2, 0.25) is 0 Å². The van der Waals surface area contributed by atoms with Gasteiger partial charge >= 0.3 is 0 Å². The Balaban J connectivity index is 2.60. The molecule has 0 bridgehead atoms. The molecule has 3 nitrogen and oxygen atoms in total. The highest BCUT2D eigenvalue weighted by Gasteiger charge is 2.10. The zero-order valence-electron chi connectivity index (χ0n) is 8.25. The fourth-order valence-corrected chi connectivity index (χ4v) is 0.901. The van der Waals surface area contributed by atoms with Gasteiger partial charge in [-0.15, -0.1) is 0 Å². The molecule has 1 aromatic heterocycles. The first-order valence-corrected chi connectivity index (χ1v) is 4.56. The molecule has 0 aliphatic carbocycles. The van der Waals surface area contributed by atoms with E-state index in [4.69, 9.17) is 0 Å². The molecule has 1 amide bonds. The molecule has 0 saturated carbocycles. The van der Waals surface area contributed by atoms with Crippen LogP contribution in [0.5, 0.6) is 0 Å². The van der Waals surface area contributed by atoms with Crippen molar-refractivity contribution in [3.8, 4) is 0 Å². The number of hydrogen-bond acceptors (Lipinski definition) is 2. The molecule has 0 saturated heterocycles. The molecule has 1 heterocycles. The van der Waals surface area contributed by atoms with Crippen molar-refractivity contribution in [2.24, 2.45) is 5.92 Å². The normalized spacial score (nSPS) is 12.2. The number of hydrogen-bond donors (Lipinski definition) is 1. The van der Waals surface area contributed by atoms with Gasteiger partial charge in [0.05, 0.1) is 11.9 Å². The van der Waals surface area contributed by atoms with Gasteiger partial charge in [0.15, 0.2) is 0 Å². The zero-order valence-corrected chi connectivity index (χ0v) is 8.25. The lowest BCUT2D eigenvalue weighted by Gasteiger charge is -2.08. The van der Waals surface area contributed by atoms with Gasteiger partial charge < -0.3 is 5.32 Å². The Labute approximate surface area is 82.4 Å². The average molecular weight is 196 g/mol. The number of nitrogens with zero attached hydrogens (tertiary/aromatic N) is 1. The van der Waals surface area contributed by atoms with E-state index in [1.165, 1.54) is 18.3 Å². The van der Waals surface area contributed by atoms with Crippen LogP contribution in [0.15, 0.2) is 18.3 Å². The molecule has 4 heteroatoms. The van der Waals surface area contributed by atoms with E-state index in [0.29, 0.717) is 5.69 Å². The number of halogens is 1. The van der Waals surface area contributed by atoms with Crippen LogP contribution < -0.4 is 5.32 Å². The Morgan fingerprint density at radius 1 is 1.64 bits per heavy atom. The SMILES string of the molecule is CCC(C)C(=O)Nc1ccc(F)nc1. The molecule has 0 aliphatic rings. The van der Waals surface area contributed by atoms with Crippen LogP contribution in [0.4, 0.5) is 10.1 Å². The van der Waals surface area contributed by atoms with Gasteiger partial charge in [0, 0.05) is 5.92 Å². The van der Waals surface area contributed by atoms with Gasteiger partial charge in [0.2, 0.25) is 11.9 Å². The summed E-state index contributed by atoms with van der Waals surface area (Å²) in [5.74, 6) is -0.660. The lowest BCUT2D eigenvalue weighted by molar-refractivity contribution is -0.119. The van der Waals surface area contributed by atoms with Crippen LogP contribution in [0, 0.1) is 11.9 Å². The Morgan fingerprint density at radius 3 is 2.86 bits per heavy atom. The number of amides is 1. The number of pyridine rings is 1. The van der Waals surface area contributed by atoms with Gasteiger partial charge in [0.1, 0.15) is 0 Å². The van der Waals surface area contributed by atoms with Crippen molar-refractivity contribution in [1.82, 2.24) is 4.98 Å². The summed E-state index contributed by atoms with van der Waals surface area (Å²) in [5.41, 5.74) is 0.525. The molecule has 1 rings (SSSR count). The summed E-state index contributed by atoms with van der Waals surface area (Å²) in [6.07, 6.45) is 2.08. The summed E-state index contributed by atoms with van der Waals surface area (Å²) in [6, 6.07) is 2.70. The van der Waals surface area contributed by atoms with Crippen molar-refractivity contribution in [2.75, 3.05) is 5.32 Å². The molecule has 1 N–H and O–H groups in total. The summed E-state index contributed by atoms with van der Waals surface area (Å²) in [6.45, 7) is 3.78. The second-order valence-corrected chi connectivity index (χ2v) is 3.17. The standard InChI is InChI=1S/C10H13FN2O/c1-3-7(2)10(14)13-8-4-5-9(11)12-6-8/h4-7H,3H2,1-2H3,(H,13,14). The molecule has 0 aliphatic heterocycles. The van der Waals surface area contributed by atoms with Crippen LogP contribution in [0.1, 0.15) is 20.3 Å². The predicted octanol–water partition coefficient (Wildman–Crippen LogP) is 2.21. The highest BCUT2D eigenvalue weighted by atomic mass is 19.1. The highest BCUT2D eigenvalue weighted by molar-refractivity contribution is 5.92. The molecule has 1 atom stereocenters. The van der Waals surface area contributed by atoms with Gasteiger partial charge in [-0.1, -0.05) is 13.8 Å². The second-order valence-electron chi connectivity index (χ2n) is 3.17. The van der Waals surface area contributed by atoms with E-state index >= 15 is 0 Å². The Kier molecular flexibility index (Phi) is 3.56. The number of carbonyl (C=O) groups excluding carboxylic acids is 1. The van der Waals surface area contributed by atoms with Crippen LogP contribution >= 0.6 is 0 Å². The van der Waals surface area contributed by atoms with E-state index in [1.807, 2.05) is 13.8 Å². The fraction of sp³-hybridized carbons (Fsp3) is 0.400. The van der Waals surface area contributed by atoms with E-state index in [1.54, 1.807) is 0 Å². The van der Waals surface area contributed by atoms with Crippen LogP contribution in [0.25, 0.3) is 0 Å². The van der Waals surface area contributed by atoms with E-state index in [2.05, 4.69) is 10.3 Å². The molecule has 1 unspecified atom stereocenters. The Bertz CT molecular complexity index is 310. The van der Waals surface area contributed by atoms with Crippen LogP contribution in [-0.2, 0) is 4.79 Å². The molecule has 14 heavy (non-hydrogen) atoms. The van der Waals surface area contributed by atoms with E-state index in [0.717, 1.165) is 6.42 Å². The first-order valence-electron chi connectivity index (χ1n) is 4.56. The Morgan fingerprint density at radius 2 is 2.36 bits per heavy atom. The number of anilines is 1. The number of nitrogens with one attached hydrogen (secondary N) is 1. The van der Waals surface area contributed by atoms with Crippen LogP contribution in [-0.4, -0.2) is 10.9 Å². The van der Waals surface area contributed by atoms with E-state index in [-0.39, 0.29) is 11.8 Å². The van der Waals surface area contributed by atoms with Gasteiger partial charge in [-0.2, -0.15) is 4.39 Å². The van der Waals surface area contributed by atoms with Crippen molar-refractivity contribution < 1.29 is 9.18 Å². The quantitative estimate of drug-likeness (QED) is 0.753. The number of carbonyl (C=O) groups is 1. The third-order valence-electron chi connectivity index (χ3n) is 2.05. The first-order chi connectivity index (χ1) is 6.63. The monoisotopic (exact) mass is 196 g/mol.